The van der Waals surface area contributed by atoms with Crippen LogP contribution < -0.4 is 5.32 Å². The number of carbonyl (C=O) groups is 1. The van der Waals surface area contributed by atoms with Gasteiger partial charge in [-0.15, -0.1) is 0 Å². The van der Waals surface area contributed by atoms with Crippen molar-refractivity contribution < 1.29 is 9.18 Å². The molecule has 6 nitrogen and oxygen atoms in total. The summed E-state index contributed by atoms with van der Waals surface area (Å²) in [7, 11) is 0. The Kier molecular flexibility index (Phi) is 4.76. The van der Waals surface area contributed by atoms with Crippen LogP contribution in [0, 0.1) is 12.7 Å². The first-order valence-corrected chi connectivity index (χ1v) is 10.3. The number of fused-ring (bicyclic) bond motifs is 1. The Balaban J connectivity index is 1.35. The van der Waals surface area contributed by atoms with Crippen LogP contribution in [0.1, 0.15) is 16.1 Å². The molecule has 0 fully saturated rings. The number of carbonyl (C=O) groups excluding carboxylic acids is 1. The topological polar surface area (TPSA) is 83.6 Å². The van der Waals surface area contributed by atoms with Crippen molar-refractivity contribution in [2.24, 2.45) is 0 Å². The summed E-state index contributed by atoms with van der Waals surface area (Å²) in [5.74, 6) is -0.626. The van der Waals surface area contributed by atoms with E-state index in [4.69, 9.17) is 0 Å². The van der Waals surface area contributed by atoms with Gasteiger partial charge in [-0.1, -0.05) is 11.3 Å². The van der Waals surface area contributed by atoms with Crippen LogP contribution in [-0.2, 0) is 0 Å². The van der Waals surface area contributed by atoms with Gasteiger partial charge < -0.3 is 5.32 Å². The summed E-state index contributed by atoms with van der Waals surface area (Å²) in [6.45, 7) is 1.93. The molecule has 3 heterocycles. The summed E-state index contributed by atoms with van der Waals surface area (Å²) in [6.07, 6.45) is 1.76. The molecule has 0 aliphatic heterocycles. The molecule has 0 unspecified atom stereocenters. The Morgan fingerprint density at radius 2 is 1.87 bits per heavy atom. The molecule has 0 atom stereocenters. The number of aromatic nitrogens is 4. The van der Waals surface area contributed by atoms with Gasteiger partial charge in [0, 0.05) is 23.0 Å². The monoisotopic (exact) mass is 429 g/mol. The minimum Gasteiger partial charge on any atom is -0.320 e. The number of nitrogens with zero attached hydrogens (tertiary/aromatic N) is 3. The second-order valence-electron chi connectivity index (χ2n) is 7.00. The number of rotatable bonds is 4. The van der Waals surface area contributed by atoms with Crippen LogP contribution >= 0.6 is 11.3 Å². The molecule has 152 valence electrons. The Morgan fingerprint density at radius 3 is 2.65 bits per heavy atom. The molecule has 5 aromatic rings. The number of nitrogens with one attached hydrogen (secondary N) is 2. The lowest BCUT2D eigenvalue weighted by molar-refractivity contribution is 0.102. The number of hydrogen-bond acceptors (Lipinski definition) is 5. The number of hydrogen-bond donors (Lipinski definition) is 2. The molecule has 0 bridgehead atoms. The number of amides is 1. The molecule has 0 saturated carbocycles. The first-order chi connectivity index (χ1) is 15.1. The van der Waals surface area contributed by atoms with E-state index in [0.29, 0.717) is 17.1 Å². The van der Waals surface area contributed by atoms with Crippen molar-refractivity contribution >= 4 is 33.3 Å². The average molecular weight is 429 g/mol. The van der Waals surface area contributed by atoms with Gasteiger partial charge in [0.25, 0.3) is 5.91 Å². The van der Waals surface area contributed by atoms with E-state index in [2.05, 4.69) is 25.5 Å². The van der Waals surface area contributed by atoms with Gasteiger partial charge >= 0.3 is 0 Å². The Hall–Kier alpha value is -3.91. The lowest BCUT2D eigenvalue weighted by Gasteiger charge is -2.08. The van der Waals surface area contributed by atoms with Crippen LogP contribution in [-0.4, -0.2) is 26.1 Å². The van der Waals surface area contributed by atoms with E-state index < -0.39 is 0 Å². The first kappa shape index (κ1) is 19.1. The molecule has 1 amide bonds. The SMILES string of the molecule is Cc1cc(-c2nc3cccnc3s2)ccc1NC(=O)c1cc(-c2ccc(F)cc2)n[nH]1. The van der Waals surface area contributed by atoms with Crippen LogP contribution in [0.5, 0.6) is 0 Å². The fraction of sp³-hybridized carbons (Fsp3) is 0.0435. The number of pyridine rings is 1. The average Bonchev–Trinajstić information content (AvgIpc) is 3.43. The summed E-state index contributed by atoms with van der Waals surface area (Å²) < 4.78 is 13.1. The van der Waals surface area contributed by atoms with E-state index in [1.54, 1.807) is 24.4 Å². The molecular weight excluding hydrogens is 413 g/mol. The van der Waals surface area contributed by atoms with Crippen molar-refractivity contribution in [3.05, 3.63) is 83.9 Å². The van der Waals surface area contributed by atoms with Crippen LogP contribution in [0.4, 0.5) is 10.1 Å². The first-order valence-electron chi connectivity index (χ1n) is 9.52. The highest BCUT2D eigenvalue weighted by Gasteiger charge is 2.14. The molecular formula is C23H16FN5OS. The maximum atomic E-state index is 13.1. The maximum absolute atomic E-state index is 13.1. The smallest absolute Gasteiger partial charge is 0.273 e. The normalized spacial score (nSPS) is 11.0. The quantitative estimate of drug-likeness (QED) is 0.398. The van der Waals surface area contributed by atoms with Gasteiger partial charge in [-0.3, -0.25) is 9.89 Å². The number of anilines is 1. The molecule has 31 heavy (non-hydrogen) atoms. The Labute approximate surface area is 180 Å². The summed E-state index contributed by atoms with van der Waals surface area (Å²) in [5, 5.41) is 10.7. The molecule has 8 heteroatoms. The lowest BCUT2D eigenvalue weighted by Crippen LogP contribution is -2.13. The molecule has 0 aliphatic carbocycles. The van der Waals surface area contributed by atoms with E-state index in [1.807, 2.05) is 37.3 Å². The largest absolute Gasteiger partial charge is 0.320 e. The van der Waals surface area contributed by atoms with E-state index in [0.717, 1.165) is 32.0 Å². The van der Waals surface area contributed by atoms with Crippen LogP contribution in [0.2, 0.25) is 0 Å². The highest BCUT2D eigenvalue weighted by atomic mass is 32.1. The van der Waals surface area contributed by atoms with Crippen LogP contribution in [0.3, 0.4) is 0 Å². The summed E-state index contributed by atoms with van der Waals surface area (Å²) in [5.41, 5.74) is 5.07. The third-order valence-corrected chi connectivity index (χ3v) is 5.88. The van der Waals surface area contributed by atoms with Crippen molar-refractivity contribution in [2.45, 2.75) is 6.92 Å². The van der Waals surface area contributed by atoms with Gasteiger partial charge in [0.15, 0.2) is 0 Å². The van der Waals surface area contributed by atoms with Gasteiger partial charge in [-0.2, -0.15) is 5.10 Å². The molecule has 0 radical (unpaired) electrons. The van der Waals surface area contributed by atoms with Crippen molar-refractivity contribution in [2.75, 3.05) is 5.32 Å². The number of aryl methyl sites for hydroxylation is 1. The number of aromatic amines is 1. The van der Waals surface area contributed by atoms with Crippen molar-refractivity contribution in [1.82, 2.24) is 20.2 Å². The minimum atomic E-state index is -0.321. The summed E-state index contributed by atoms with van der Waals surface area (Å²) in [6, 6.07) is 17.2. The predicted molar refractivity (Wildman–Crippen MR) is 120 cm³/mol. The standard InChI is InChI=1S/C23H16FN5OS/c1-13-11-15(22-27-18-3-2-10-25-23(18)31-22)6-9-17(13)26-21(30)20-12-19(28-29-20)14-4-7-16(24)8-5-14/h2-12H,1H3,(H,26,30)(H,28,29). The van der Waals surface area contributed by atoms with E-state index >= 15 is 0 Å². The Bertz CT molecular complexity index is 1370. The summed E-state index contributed by atoms with van der Waals surface area (Å²) in [4.78, 5) is 22.5. The van der Waals surface area contributed by atoms with E-state index in [9.17, 15) is 9.18 Å². The van der Waals surface area contributed by atoms with Gasteiger partial charge in [-0.05, 0) is 73.2 Å². The third kappa shape index (κ3) is 3.80. The summed E-state index contributed by atoms with van der Waals surface area (Å²) >= 11 is 1.53. The molecule has 0 aliphatic rings. The second kappa shape index (κ2) is 7.73. The zero-order valence-corrected chi connectivity index (χ0v) is 17.2. The highest BCUT2D eigenvalue weighted by molar-refractivity contribution is 7.21. The maximum Gasteiger partial charge on any atom is 0.273 e. The zero-order valence-electron chi connectivity index (χ0n) is 16.4. The fourth-order valence-electron chi connectivity index (χ4n) is 3.23. The minimum absolute atomic E-state index is 0.305. The van der Waals surface area contributed by atoms with Crippen LogP contribution in [0.25, 0.3) is 32.2 Å². The van der Waals surface area contributed by atoms with E-state index in [1.165, 1.54) is 23.5 Å². The van der Waals surface area contributed by atoms with Gasteiger partial charge in [0.2, 0.25) is 0 Å². The molecule has 2 aromatic carbocycles. The fourth-order valence-corrected chi connectivity index (χ4v) is 4.13. The van der Waals surface area contributed by atoms with Crippen molar-refractivity contribution in [1.29, 1.82) is 0 Å². The van der Waals surface area contributed by atoms with E-state index in [-0.39, 0.29) is 11.7 Å². The predicted octanol–water partition coefficient (Wildman–Crippen LogP) is 5.45. The molecule has 5 rings (SSSR count). The van der Waals surface area contributed by atoms with Gasteiger partial charge in [0.05, 0.1) is 5.69 Å². The number of H-pyrrole nitrogens is 1. The molecule has 0 saturated heterocycles. The van der Waals surface area contributed by atoms with Crippen LogP contribution in [0.15, 0.2) is 66.9 Å². The van der Waals surface area contributed by atoms with Gasteiger partial charge in [0.1, 0.15) is 26.9 Å². The number of halogens is 1. The zero-order chi connectivity index (χ0) is 21.4. The number of thiazole rings is 1. The highest BCUT2D eigenvalue weighted by Crippen LogP contribution is 2.31. The molecule has 3 aromatic heterocycles. The van der Waals surface area contributed by atoms with Crippen molar-refractivity contribution in [3.8, 4) is 21.8 Å². The van der Waals surface area contributed by atoms with Gasteiger partial charge in [-0.25, -0.2) is 14.4 Å². The molecule has 0 spiro atoms. The molecule has 2 N–H and O–H groups in total. The lowest BCUT2D eigenvalue weighted by atomic mass is 10.1. The Morgan fingerprint density at radius 1 is 1.06 bits per heavy atom. The second-order valence-corrected chi connectivity index (χ2v) is 7.98. The van der Waals surface area contributed by atoms with Crippen molar-refractivity contribution in [3.63, 3.8) is 0 Å². The third-order valence-electron chi connectivity index (χ3n) is 4.85. The number of benzene rings is 2.